The lowest BCUT2D eigenvalue weighted by Crippen LogP contribution is -2.41. The van der Waals surface area contributed by atoms with Crippen LogP contribution in [0.1, 0.15) is 11.5 Å². The van der Waals surface area contributed by atoms with Gasteiger partial charge in [0.1, 0.15) is 23.0 Å². The Balaban J connectivity index is 2.48. The maximum absolute atomic E-state index is 15.1. The van der Waals surface area contributed by atoms with E-state index in [-0.39, 0.29) is 27.7 Å². The van der Waals surface area contributed by atoms with Gasteiger partial charge < -0.3 is 15.2 Å². The van der Waals surface area contributed by atoms with Gasteiger partial charge in [0.15, 0.2) is 0 Å². The van der Waals surface area contributed by atoms with Crippen molar-refractivity contribution in [3.05, 3.63) is 86.0 Å². The van der Waals surface area contributed by atoms with Crippen molar-refractivity contribution in [2.75, 3.05) is 19.1 Å². The van der Waals surface area contributed by atoms with Crippen molar-refractivity contribution in [2.24, 2.45) is 5.73 Å². The molecule has 0 bridgehead atoms. The first-order valence-electron chi connectivity index (χ1n) is 9.06. The van der Waals surface area contributed by atoms with E-state index in [1.54, 1.807) is 30.3 Å². The van der Waals surface area contributed by atoms with Gasteiger partial charge in [-0.05, 0) is 17.7 Å². The Labute approximate surface area is 196 Å². The first-order valence-corrected chi connectivity index (χ1v) is 10.2. The van der Waals surface area contributed by atoms with Crippen molar-refractivity contribution in [3.63, 3.8) is 0 Å². The van der Waals surface area contributed by atoms with Gasteiger partial charge in [-0.3, -0.25) is 4.90 Å². The molecule has 1 unspecified atom stereocenters. The van der Waals surface area contributed by atoms with Crippen molar-refractivity contribution in [2.45, 2.75) is 5.92 Å². The van der Waals surface area contributed by atoms with Crippen molar-refractivity contribution in [1.82, 2.24) is 0 Å². The molecule has 164 valence electrons. The van der Waals surface area contributed by atoms with Crippen LogP contribution in [0.2, 0.25) is 5.02 Å². The van der Waals surface area contributed by atoms with Crippen LogP contribution in [0.25, 0.3) is 0 Å². The molecular formula is C22H16BrClFN3O4. The topological polar surface area (TPSA) is 106 Å². The minimum absolute atomic E-state index is 0.0948. The molecule has 0 radical (unpaired) electrons. The Morgan fingerprint density at radius 2 is 1.81 bits per heavy atom. The molecule has 1 aliphatic rings. The van der Waals surface area contributed by atoms with E-state index in [0.29, 0.717) is 10.0 Å². The van der Waals surface area contributed by atoms with Gasteiger partial charge in [0.2, 0.25) is 0 Å². The summed E-state index contributed by atoms with van der Waals surface area (Å²) in [6, 6.07) is 12.9. The number of methoxy groups -OCH3 is 2. The largest absolute Gasteiger partial charge is 0.466 e. The maximum Gasteiger partial charge on any atom is 0.355 e. The van der Waals surface area contributed by atoms with Crippen molar-refractivity contribution in [1.29, 1.82) is 5.26 Å². The number of nitrogens with two attached hydrogens (primary N) is 1. The van der Waals surface area contributed by atoms with Crippen LogP contribution in [0.4, 0.5) is 10.1 Å². The second-order valence-electron chi connectivity index (χ2n) is 6.55. The van der Waals surface area contributed by atoms with E-state index < -0.39 is 29.4 Å². The summed E-state index contributed by atoms with van der Waals surface area (Å²) in [6.45, 7) is 0. The molecule has 2 N–H and O–H groups in total. The van der Waals surface area contributed by atoms with E-state index in [9.17, 15) is 14.9 Å². The number of rotatable bonds is 4. The highest BCUT2D eigenvalue weighted by Crippen LogP contribution is 2.45. The average molecular weight is 521 g/mol. The molecule has 0 aromatic heterocycles. The Hall–Kier alpha value is -3.35. The zero-order chi connectivity index (χ0) is 23.6. The van der Waals surface area contributed by atoms with Crippen LogP contribution in [0, 0.1) is 17.1 Å². The van der Waals surface area contributed by atoms with Crippen LogP contribution in [0.15, 0.2) is 69.6 Å². The fourth-order valence-electron chi connectivity index (χ4n) is 3.49. The monoisotopic (exact) mass is 519 g/mol. The van der Waals surface area contributed by atoms with Crippen LogP contribution in [0.5, 0.6) is 0 Å². The lowest BCUT2D eigenvalue weighted by Gasteiger charge is -2.36. The number of allylic oxidation sites excluding steroid dienone is 1. The van der Waals surface area contributed by atoms with Crippen molar-refractivity contribution >= 4 is 45.2 Å². The molecule has 3 rings (SSSR count). The van der Waals surface area contributed by atoms with Crippen LogP contribution in [0.3, 0.4) is 0 Å². The quantitative estimate of drug-likeness (QED) is 0.604. The molecule has 1 aliphatic heterocycles. The number of benzene rings is 2. The summed E-state index contributed by atoms with van der Waals surface area (Å²) in [4.78, 5) is 26.8. The van der Waals surface area contributed by atoms with Crippen LogP contribution >= 0.6 is 27.5 Å². The summed E-state index contributed by atoms with van der Waals surface area (Å²) in [6.07, 6.45) is 0. The van der Waals surface area contributed by atoms with Gasteiger partial charge in [-0.1, -0.05) is 57.9 Å². The molecule has 0 fully saturated rings. The highest BCUT2D eigenvalue weighted by molar-refractivity contribution is 9.10. The maximum atomic E-state index is 15.1. The number of halogens is 3. The average Bonchev–Trinajstić information content (AvgIpc) is 2.78. The molecule has 0 spiro atoms. The molecule has 0 aliphatic carbocycles. The summed E-state index contributed by atoms with van der Waals surface area (Å²) < 4.78 is 25.2. The molecular weight excluding hydrogens is 505 g/mol. The first-order chi connectivity index (χ1) is 15.3. The lowest BCUT2D eigenvalue weighted by atomic mass is 9.81. The van der Waals surface area contributed by atoms with E-state index in [4.69, 9.17) is 26.8 Å². The molecule has 2 aromatic carbocycles. The Kier molecular flexibility index (Phi) is 6.87. The molecule has 7 nitrogen and oxygen atoms in total. The Morgan fingerprint density at radius 1 is 1.19 bits per heavy atom. The fraction of sp³-hybridized carbons (Fsp3) is 0.136. The molecule has 0 saturated heterocycles. The standard InChI is InChI=1S/C22H16BrClFN3O4/c1-31-21(29)17-16(11-6-4-3-5-7-11)13(10-26)20(27)28(19(17)22(30)32-2)18-14(24)8-12(23)9-15(18)25/h3-9,16H,27H2,1-2H3. The van der Waals surface area contributed by atoms with E-state index in [2.05, 4.69) is 15.9 Å². The third-order valence-corrected chi connectivity index (χ3v) is 5.56. The van der Waals surface area contributed by atoms with Crippen molar-refractivity contribution < 1.29 is 23.5 Å². The van der Waals surface area contributed by atoms with Gasteiger partial charge in [-0.2, -0.15) is 5.26 Å². The van der Waals surface area contributed by atoms with Gasteiger partial charge in [-0.15, -0.1) is 0 Å². The number of carbonyl (C=O) groups is 2. The first kappa shape index (κ1) is 23.3. The number of hydrogen-bond acceptors (Lipinski definition) is 7. The minimum atomic E-state index is -1.06. The predicted molar refractivity (Wildman–Crippen MR) is 119 cm³/mol. The summed E-state index contributed by atoms with van der Waals surface area (Å²) >= 11 is 9.43. The summed E-state index contributed by atoms with van der Waals surface area (Å²) in [5.74, 6) is -4.11. The minimum Gasteiger partial charge on any atom is -0.466 e. The second-order valence-corrected chi connectivity index (χ2v) is 7.88. The van der Waals surface area contributed by atoms with Crippen LogP contribution in [-0.2, 0) is 19.1 Å². The number of esters is 2. The van der Waals surface area contributed by atoms with Gasteiger partial charge >= 0.3 is 11.9 Å². The highest BCUT2D eigenvalue weighted by atomic mass is 79.9. The van der Waals surface area contributed by atoms with Crippen LogP contribution in [-0.4, -0.2) is 26.2 Å². The number of nitrogens with zero attached hydrogens (tertiary/aromatic N) is 2. The SMILES string of the molecule is COC(=O)C1=C(C(=O)OC)N(c2c(F)cc(Br)cc2Cl)C(N)=C(C#N)C1c1ccccc1. The van der Waals surface area contributed by atoms with Gasteiger partial charge in [0.25, 0.3) is 0 Å². The third-order valence-electron chi connectivity index (χ3n) is 4.82. The summed E-state index contributed by atoms with van der Waals surface area (Å²) in [5, 5.41) is 9.83. The molecule has 0 amide bonds. The number of hydrogen-bond donors (Lipinski definition) is 1. The number of ether oxygens (including phenoxy) is 2. The molecule has 1 atom stereocenters. The number of nitriles is 1. The normalized spacial score (nSPS) is 16.0. The third kappa shape index (κ3) is 3.95. The molecule has 10 heteroatoms. The molecule has 2 aromatic rings. The predicted octanol–water partition coefficient (Wildman–Crippen LogP) is 4.14. The van der Waals surface area contributed by atoms with E-state index in [1.807, 2.05) is 6.07 Å². The Morgan fingerprint density at radius 3 is 2.34 bits per heavy atom. The highest BCUT2D eigenvalue weighted by Gasteiger charge is 2.44. The second kappa shape index (κ2) is 9.42. The van der Waals surface area contributed by atoms with Crippen molar-refractivity contribution in [3.8, 4) is 6.07 Å². The molecule has 0 saturated carbocycles. The summed E-state index contributed by atoms with van der Waals surface area (Å²) in [5.41, 5.74) is 5.73. The number of carbonyl (C=O) groups excluding carboxylic acids is 2. The van der Waals surface area contributed by atoms with Gasteiger partial charge in [-0.25, -0.2) is 14.0 Å². The smallest absolute Gasteiger partial charge is 0.355 e. The van der Waals surface area contributed by atoms with Gasteiger partial charge in [0.05, 0.1) is 42.4 Å². The number of anilines is 1. The van der Waals surface area contributed by atoms with Gasteiger partial charge in [0, 0.05) is 4.47 Å². The van der Waals surface area contributed by atoms with E-state index in [1.165, 1.54) is 6.07 Å². The Bertz CT molecular complexity index is 1180. The molecule has 32 heavy (non-hydrogen) atoms. The fourth-order valence-corrected chi connectivity index (χ4v) is 4.35. The van der Waals surface area contributed by atoms with E-state index >= 15 is 4.39 Å². The molecule has 1 heterocycles. The lowest BCUT2D eigenvalue weighted by molar-refractivity contribution is -0.139. The zero-order valence-electron chi connectivity index (χ0n) is 16.9. The van der Waals surface area contributed by atoms with E-state index in [0.717, 1.165) is 25.2 Å². The zero-order valence-corrected chi connectivity index (χ0v) is 19.2. The summed E-state index contributed by atoms with van der Waals surface area (Å²) in [7, 11) is 2.22. The van der Waals surface area contributed by atoms with Crippen LogP contribution < -0.4 is 10.6 Å².